The van der Waals surface area contributed by atoms with Crippen molar-refractivity contribution in [1.29, 1.82) is 0 Å². The number of aromatic nitrogens is 2. The number of rotatable bonds is 7. The molecule has 7 heteroatoms. The maximum absolute atomic E-state index is 6.67. The average Bonchev–Trinajstić information content (AvgIpc) is 4.03. The molecular formula is C63H51N4OPtS-3. The minimum absolute atomic E-state index is 0. The number of hydrogen-bond donors (Lipinski definition) is 0. The Kier molecular flexibility index (Phi) is 11.3. The Hall–Kier alpha value is -6.98. The molecule has 70 heavy (non-hydrogen) atoms. The van der Waals surface area contributed by atoms with E-state index in [1.54, 1.807) is 0 Å². The Balaban J connectivity index is 0.00000533. The standard InChI is InChI=1S/C63H51N4OS.Pt/c1-40-30-61(64-38-54(40)43-17-14-16-41(31-43)42-26-29-60-53(32-42)52-21-9-13-25-59(52)69-60)67-55-22-10-8-20-50(55)51-28-27-49(37-58(51)67)68-48-19-15-18-46(36-48)65-39-66(57-24-12-11-23-56(57)65)47-34-44(62(2,3)4)33-45(35-47)63(5,6)7;/h8-35,38-39H,1-7H3;/q-3;. The van der Waals surface area contributed by atoms with Gasteiger partial charge in [0.1, 0.15) is 5.82 Å². The van der Waals surface area contributed by atoms with Gasteiger partial charge in [-0.05, 0) is 117 Å². The summed E-state index contributed by atoms with van der Waals surface area (Å²) in [7, 11) is 0. The van der Waals surface area contributed by atoms with E-state index in [9.17, 15) is 0 Å². The number of ether oxygens (including phenoxy) is 1. The van der Waals surface area contributed by atoms with Crippen LogP contribution in [0.5, 0.6) is 11.5 Å². The summed E-state index contributed by atoms with van der Waals surface area (Å²) in [6.45, 7) is 18.1. The van der Waals surface area contributed by atoms with Gasteiger partial charge in [0.2, 0.25) is 0 Å². The second-order valence-corrected chi connectivity index (χ2v) is 21.4. The van der Waals surface area contributed by atoms with E-state index in [0.29, 0.717) is 11.5 Å². The van der Waals surface area contributed by atoms with E-state index in [1.165, 1.54) is 42.4 Å². The predicted octanol–water partition coefficient (Wildman–Crippen LogP) is 17.6. The topological polar surface area (TPSA) is 33.5 Å². The molecule has 1 aliphatic heterocycles. The molecule has 11 aromatic rings. The molecule has 0 radical (unpaired) electrons. The largest absolute Gasteiger partial charge is 0.509 e. The zero-order valence-electron chi connectivity index (χ0n) is 40.2. The van der Waals surface area contributed by atoms with Gasteiger partial charge < -0.3 is 19.1 Å². The van der Waals surface area contributed by atoms with Crippen molar-refractivity contribution in [3.05, 3.63) is 212 Å². The van der Waals surface area contributed by atoms with Crippen molar-refractivity contribution in [2.75, 3.05) is 9.80 Å². The van der Waals surface area contributed by atoms with Gasteiger partial charge in [-0.3, -0.25) is 0 Å². The SMILES string of the molecule is Cc1cc(-n2c3[c-]c(Oc4[c-]c(N5[CH-]N(c6cc(C(C)(C)C)cc(C(C)(C)C)c6)c6ccccc65)ccc4)ccc3c3ccccc32)ncc1-c1cccc(-c2ccc3sc4ccccc4c3c2)c1.[Pt]. The molecule has 0 spiro atoms. The zero-order chi connectivity index (χ0) is 47.2. The average molecular weight is 1110 g/mol. The van der Waals surface area contributed by atoms with Crippen molar-refractivity contribution in [2.45, 2.75) is 59.3 Å². The van der Waals surface area contributed by atoms with Gasteiger partial charge in [-0.25, -0.2) is 4.98 Å². The van der Waals surface area contributed by atoms with Gasteiger partial charge in [-0.2, -0.15) is 12.1 Å². The number of aryl methyl sites for hydroxylation is 1. The van der Waals surface area contributed by atoms with Crippen LogP contribution in [0, 0.1) is 25.7 Å². The zero-order valence-corrected chi connectivity index (χ0v) is 43.3. The van der Waals surface area contributed by atoms with Crippen LogP contribution in [0.1, 0.15) is 58.2 Å². The summed E-state index contributed by atoms with van der Waals surface area (Å²) in [6.07, 6.45) is 2.01. The molecule has 0 saturated heterocycles. The van der Waals surface area contributed by atoms with Crippen molar-refractivity contribution in [2.24, 2.45) is 0 Å². The molecule has 0 N–H and O–H groups in total. The Morgan fingerprint density at radius 1 is 0.543 bits per heavy atom. The van der Waals surface area contributed by atoms with E-state index < -0.39 is 0 Å². The smallest absolute Gasteiger partial charge is 0.135 e. The van der Waals surface area contributed by atoms with Crippen LogP contribution >= 0.6 is 11.3 Å². The van der Waals surface area contributed by atoms with Gasteiger partial charge in [-0.1, -0.05) is 126 Å². The van der Waals surface area contributed by atoms with Gasteiger partial charge in [0.05, 0.1) is 0 Å². The van der Waals surface area contributed by atoms with Crippen molar-refractivity contribution in [3.63, 3.8) is 0 Å². The molecule has 0 bridgehead atoms. The summed E-state index contributed by atoms with van der Waals surface area (Å²) >= 11 is 1.85. The molecule has 0 atom stereocenters. The van der Waals surface area contributed by atoms with E-state index in [-0.39, 0.29) is 31.9 Å². The van der Waals surface area contributed by atoms with Gasteiger partial charge in [0.15, 0.2) is 0 Å². The number of benzene rings is 8. The van der Waals surface area contributed by atoms with Gasteiger partial charge in [0, 0.05) is 87.1 Å². The number of thiophene rings is 1. The second-order valence-electron chi connectivity index (χ2n) is 20.3. The van der Waals surface area contributed by atoms with Crippen molar-refractivity contribution in [1.82, 2.24) is 9.55 Å². The van der Waals surface area contributed by atoms with E-state index in [0.717, 1.165) is 67.1 Å². The third-order valence-corrected chi connectivity index (χ3v) is 14.7. The molecule has 12 rings (SSSR count). The molecule has 0 aliphatic carbocycles. The van der Waals surface area contributed by atoms with Crippen LogP contribution in [0.15, 0.2) is 176 Å². The van der Waals surface area contributed by atoms with Crippen LogP contribution in [0.25, 0.3) is 70.0 Å². The fourth-order valence-electron chi connectivity index (χ4n) is 9.79. The van der Waals surface area contributed by atoms with Crippen LogP contribution in [0.4, 0.5) is 22.7 Å². The molecule has 0 saturated carbocycles. The molecule has 0 amide bonds. The first kappa shape index (κ1) is 45.5. The molecule has 5 nitrogen and oxygen atoms in total. The molecule has 3 aromatic heterocycles. The Labute approximate surface area is 428 Å². The van der Waals surface area contributed by atoms with Crippen LogP contribution < -0.4 is 14.5 Å². The summed E-state index contributed by atoms with van der Waals surface area (Å²) in [6, 6.07) is 68.1. The molecule has 8 aromatic carbocycles. The summed E-state index contributed by atoms with van der Waals surface area (Å²) < 4.78 is 11.5. The Morgan fingerprint density at radius 3 is 1.97 bits per heavy atom. The number of pyridine rings is 1. The number of fused-ring (bicyclic) bond motifs is 7. The van der Waals surface area contributed by atoms with E-state index in [4.69, 9.17) is 9.72 Å². The maximum atomic E-state index is 6.67. The van der Waals surface area contributed by atoms with Crippen LogP contribution in [0.3, 0.4) is 0 Å². The number of para-hydroxylation sites is 3. The third-order valence-electron chi connectivity index (χ3n) is 13.6. The quantitative estimate of drug-likeness (QED) is 0.149. The summed E-state index contributed by atoms with van der Waals surface area (Å²) in [5, 5.41) is 4.82. The summed E-state index contributed by atoms with van der Waals surface area (Å²) in [4.78, 5) is 9.66. The monoisotopic (exact) mass is 1110 g/mol. The van der Waals surface area contributed by atoms with E-state index in [2.05, 4.69) is 233 Å². The molecular weight excluding hydrogens is 1060 g/mol. The maximum Gasteiger partial charge on any atom is 0.135 e. The van der Waals surface area contributed by atoms with Gasteiger partial charge in [0.25, 0.3) is 0 Å². The minimum atomic E-state index is -0.00582. The third kappa shape index (κ3) is 8.07. The van der Waals surface area contributed by atoms with Gasteiger partial charge >= 0.3 is 0 Å². The molecule has 0 unspecified atom stereocenters. The molecule has 0 fully saturated rings. The fraction of sp³-hybridized carbons (Fsp3) is 0.143. The van der Waals surface area contributed by atoms with E-state index in [1.807, 2.05) is 35.7 Å². The molecule has 348 valence electrons. The van der Waals surface area contributed by atoms with Crippen LogP contribution in [-0.2, 0) is 31.9 Å². The van der Waals surface area contributed by atoms with E-state index >= 15 is 0 Å². The Morgan fingerprint density at radius 2 is 1.20 bits per heavy atom. The van der Waals surface area contributed by atoms with Crippen LogP contribution in [0.2, 0.25) is 0 Å². The predicted molar refractivity (Wildman–Crippen MR) is 290 cm³/mol. The normalized spacial score (nSPS) is 12.8. The fourth-order valence-corrected chi connectivity index (χ4v) is 10.9. The summed E-state index contributed by atoms with van der Waals surface area (Å²) in [5.74, 6) is 2.02. The summed E-state index contributed by atoms with van der Waals surface area (Å²) in [5.41, 5.74) is 14.5. The molecule has 1 aliphatic rings. The minimum Gasteiger partial charge on any atom is -0.509 e. The molecule has 4 heterocycles. The van der Waals surface area contributed by atoms with Crippen LogP contribution in [-0.4, -0.2) is 9.55 Å². The number of nitrogens with zero attached hydrogens (tertiary/aromatic N) is 4. The first-order valence-corrected chi connectivity index (χ1v) is 24.5. The van der Waals surface area contributed by atoms with Crippen molar-refractivity contribution >= 4 is 76.1 Å². The first-order chi connectivity index (χ1) is 33.3. The number of hydrogen-bond acceptors (Lipinski definition) is 5. The Bertz CT molecular complexity index is 3780. The second kappa shape index (κ2) is 17.5. The first-order valence-electron chi connectivity index (χ1n) is 23.7. The van der Waals surface area contributed by atoms with Gasteiger partial charge in [-0.15, -0.1) is 59.4 Å². The number of anilines is 4. The van der Waals surface area contributed by atoms with Crippen molar-refractivity contribution < 1.29 is 25.8 Å². The van der Waals surface area contributed by atoms with Crippen molar-refractivity contribution in [3.8, 4) is 39.6 Å².